The van der Waals surface area contributed by atoms with Gasteiger partial charge in [-0.3, -0.25) is 9.69 Å². The van der Waals surface area contributed by atoms with E-state index in [2.05, 4.69) is 22.3 Å². The molecule has 4 rings (SSSR count). The number of carbonyl (C=O) groups excluding carboxylic acids is 2. The minimum absolute atomic E-state index is 0.0161. The molecule has 2 aromatic rings. The first-order chi connectivity index (χ1) is 17.7. The molecule has 1 saturated heterocycles. The van der Waals surface area contributed by atoms with Crippen molar-refractivity contribution >= 4 is 12.6 Å². The van der Waals surface area contributed by atoms with E-state index in [0.29, 0.717) is 12.0 Å². The molecule has 2 fully saturated rings. The van der Waals surface area contributed by atoms with Crippen LogP contribution in [-0.2, 0) is 26.4 Å². The highest BCUT2D eigenvalue weighted by atomic mass is 19.1. The fraction of sp³-hybridized carbons (Fsp3) is 0.533. The van der Waals surface area contributed by atoms with Crippen LogP contribution in [0.15, 0.2) is 54.6 Å². The number of amides is 1. The van der Waals surface area contributed by atoms with Crippen molar-refractivity contribution in [3.8, 4) is 0 Å². The topological polar surface area (TPSA) is 67.9 Å². The molecule has 0 bridgehead atoms. The summed E-state index contributed by atoms with van der Waals surface area (Å²) >= 11 is 0. The molecule has 2 aromatic carbocycles. The molecule has 1 aliphatic heterocycles. The molecule has 0 spiro atoms. The molecule has 7 heteroatoms. The third-order valence-electron chi connectivity index (χ3n) is 7.73. The number of hydrogen-bond donors (Lipinski definition) is 1. The van der Waals surface area contributed by atoms with Gasteiger partial charge in [-0.05, 0) is 82.8 Å². The van der Waals surface area contributed by atoms with Crippen molar-refractivity contribution in [1.82, 2.24) is 10.2 Å². The van der Waals surface area contributed by atoms with E-state index in [4.69, 9.17) is 9.47 Å². The Morgan fingerprint density at radius 3 is 2.43 bits per heavy atom. The molecule has 0 unspecified atom stereocenters. The van der Waals surface area contributed by atoms with Crippen molar-refractivity contribution in [2.24, 2.45) is 11.8 Å². The van der Waals surface area contributed by atoms with Gasteiger partial charge in [-0.1, -0.05) is 48.9 Å². The second kappa shape index (κ2) is 11.6. The standard InChI is InChI=1S/C30H39FN2O4/c1-29(2,3)37-28(35)32-27-14-8-13-26(27)30(36-21-34,24-11-7-12-25(31)19-24)23-15-17-33(18-16-23)20-22-9-5-4-6-10-22/h4-7,9-12,19,21,23,26-27H,8,13-18,20H2,1-3H3,(H,32,35)/t26-,27-,30+/m0/s1. The molecule has 200 valence electrons. The molecule has 37 heavy (non-hydrogen) atoms. The van der Waals surface area contributed by atoms with Crippen LogP contribution in [0.3, 0.4) is 0 Å². The van der Waals surface area contributed by atoms with Gasteiger partial charge in [0.2, 0.25) is 0 Å². The number of halogens is 1. The van der Waals surface area contributed by atoms with E-state index in [1.54, 1.807) is 6.07 Å². The van der Waals surface area contributed by atoms with E-state index in [-0.39, 0.29) is 23.7 Å². The Labute approximate surface area is 219 Å². The fourth-order valence-corrected chi connectivity index (χ4v) is 6.28. The zero-order valence-electron chi connectivity index (χ0n) is 22.1. The number of rotatable bonds is 8. The summed E-state index contributed by atoms with van der Waals surface area (Å²) in [6, 6.07) is 16.5. The van der Waals surface area contributed by atoms with Crippen LogP contribution in [-0.4, -0.2) is 42.2 Å². The first kappa shape index (κ1) is 27.1. The van der Waals surface area contributed by atoms with Crippen molar-refractivity contribution in [3.05, 3.63) is 71.5 Å². The zero-order valence-corrected chi connectivity index (χ0v) is 22.1. The first-order valence-corrected chi connectivity index (χ1v) is 13.3. The Morgan fingerprint density at radius 2 is 1.78 bits per heavy atom. The molecule has 6 nitrogen and oxygen atoms in total. The largest absolute Gasteiger partial charge is 0.456 e. The van der Waals surface area contributed by atoms with E-state index in [1.165, 1.54) is 17.7 Å². The highest BCUT2D eigenvalue weighted by Gasteiger charge is 2.54. The maximum atomic E-state index is 14.5. The van der Waals surface area contributed by atoms with Crippen LogP contribution in [0.1, 0.15) is 64.0 Å². The number of ether oxygens (including phenoxy) is 2. The molecule has 1 N–H and O–H groups in total. The van der Waals surface area contributed by atoms with Gasteiger partial charge < -0.3 is 14.8 Å². The van der Waals surface area contributed by atoms with Gasteiger partial charge in [-0.2, -0.15) is 0 Å². The average molecular weight is 511 g/mol. The van der Waals surface area contributed by atoms with Crippen molar-refractivity contribution in [1.29, 1.82) is 0 Å². The first-order valence-electron chi connectivity index (χ1n) is 13.3. The van der Waals surface area contributed by atoms with Gasteiger partial charge in [0.05, 0.1) is 0 Å². The van der Waals surface area contributed by atoms with Gasteiger partial charge in [0, 0.05) is 24.4 Å². The minimum atomic E-state index is -1.04. The number of hydrogen-bond acceptors (Lipinski definition) is 5. The Morgan fingerprint density at radius 1 is 1.05 bits per heavy atom. The Bertz CT molecular complexity index is 1050. The van der Waals surface area contributed by atoms with E-state index >= 15 is 0 Å². The predicted octanol–water partition coefficient (Wildman–Crippen LogP) is 5.80. The van der Waals surface area contributed by atoms with Crippen LogP contribution in [0.25, 0.3) is 0 Å². The summed E-state index contributed by atoms with van der Waals surface area (Å²) in [5, 5.41) is 3.05. The maximum absolute atomic E-state index is 14.5. The smallest absolute Gasteiger partial charge is 0.407 e. The van der Waals surface area contributed by atoms with E-state index in [9.17, 15) is 14.0 Å². The van der Waals surface area contributed by atoms with Gasteiger partial charge >= 0.3 is 6.09 Å². The lowest BCUT2D eigenvalue weighted by atomic mass is 9.66. The predicted molar refractivity (Wildman–Crippen MR) is 140 cm³/mol. The third kappa shape index (κ3) is 6.50. The second-order valence-electron chi connectivity index (χ2n) is 11.3. The lowest BCUT2D eigenvalue weighted by Gasteiger charge is -2.48. The summed E-state index contributed by atoms with van der Waals surface area (Å²) in [6.07, 6.45) is 3.49. The summed E-state index contributed by atoms with van der Waals surface area (Å²) in [5.74, 6) is -0.581. The number of benzene rings is 2. The molecule has 0 radical (unpaired) electrons. The summed E-state index contributed by atoms with van der Waals surface area (Å²) in [6.45, 7) is 8.54. The van der Waals surface area contributed by atoms with Crippen LogP contribution in [0, 0.1) is 17.7 Å². The quantitative estimate of drug-likeness (QED) is 0.455. The molecule has 1 heterocycles. The third-order valence-corrected chi connectivity index (χ3v) is 7.73. The molecule has 1 saturated carbocycles. The summed E-state index contributed by atoms with van der Waals surface area (Å²) in [7, 11) is 0. The number of piperidine rings is 1. The lowest BCUT2D eigenvalue weighted by molar-refractivity contribution is -0.168. The Balaban J connectivity index is 1.62. The van der Waals surface area contributed by atoms with E-state index in [0.717, 1.165) is 51.7 Å². The number of carbonyl (C=O) groups is 2. The van der Waals surface area contributed by atoms with Gasteiger partial charge in [-0.15, -0.1) is 0 Å². The number of nitrogens with one attached hydrogen (secondary N) is 1. The van der Waals surface area contributed by atoms with Crippen molar-refractivity contribution in [3.63, 3.8) is 0 Å². The second-order valence-corrected chi connectivity index (χ2v) is 11.3. The molecular formula is C30H39FN2O4. The molecule has 2 aliphatic rings. The van der Waals surface area contributed by atoms with Crippen LogP contribution in [0.4, 0.5) is 9.18 Å². The van der Waals surface area contributed by atoms with Crippen molar-refractivity contribution in [2.45, 2.75) is 76.7 Å². The molecular weight excluding hydrogens is 471 g/mol. The summed E-state index contributed by atoms with van der Waals surface area (Å²) in [4.78, 5) is 27.2. The highest BCUT2D eigenvalue weighted by molar-refractivity contribution is 5.68. The fourth-order valence-electron chi connectivity index (χ4n) is 6.28. The molecule has 3 atom stereocenters. The van der Waals surface area contributed by atoms with Crippen LogP contribution < -0.4 is 5.32 Å². The Hall–Kier alpha value is -2.93. The SMILES string of the molecule is CC(C)(C)OC(=O)N[C@H]1CCC[C@@H]1[C@](OC=O)(c1cccc(F)c1)C1CCN(Cc2ccccc2)CC1. The summed E-state index contributed by atoms with van der Waals surface area (Å²) in [5.41, 5.74) is 0.254. The van der Waals surface area contributed by atoms with Crippen molar-refractivity contribution < 1.29 is 23.5 Å². The van der Waals surface area contributed by atoms with E-state index < -0.39 is 17.3 Å². The summed E-state index contributed by atoms with van der Waals surface area (Å²) < 4.78 is 26.2. The van der Waals surface area contributed by atoms with Gasteiger partial charge in [0.15, 0.2) is 0 Å². The van der Waals surface area contributed by atoms with Gasteiger partial charge in [-0.25, -0.2) is 9.18 Å². The maximum Gasteiger partial charge on any atom is 0.407 e. The average Bonchev–Trinajstić information content (AvgIpc) is 3.31. The lowest BCUT2D eigenvalue weighted by Crippen LogP contribution is -2.54. The van der Waals surface area contributed by atoms with Crippen LogP contribution in [0.2, 0.25) is 0 Å². The highest BCUT2D eigenvalue weighted by Crippen LogP contribution is 2.51. The normalized spacial score (nSPS) is 22.7. The number of nitrogens with zero attached hydrogens (tertiary/aromatic N) is 1. The molecule has 1 amide bonds. The Kier molecular flexibility index (Phi) is 8.53. The van der Waals surface area contributed by atoms with Crippen LogP contribution in [0.5, 0.6) is 0 Å². The number of likely N-dealkylation sites (tertiary alicyclic amines) is 1. The number of alkyl carbamates (subject to hydrolysis) is 1. The monoisotopic (exact) mass is 510 g/mol. The van der Waals surface area contributed by atoms with E-state index in [1.807, 2.05) is 45.0 Å². The van der Waals surface area contributed by atoms with Crippen LogP contribution >= 0.6 is 0 Å². The minimum Gasteiger partial charge on any atom is -0.456 e. The molecule has 1 aliphatic carbocycles. The van der Waals surface area contributed by atoms with Gasteiger partial charge in [0.25, 0.3) is 6.47 Å². The zero-order chi connectivity index (χ0) is 26.5. The van der Waals surface area contributed by atoms with Crippen molar-refractivity contribution in [2.75, 3.05) is 13.1 Å². The molecule has 0 aromatic heterocycles. The van der Waals surface area contributed by atoms with Gasteiger partial charge in [0.1, 0.15) is 17.0 Å².